The Morgan fingerprint density at radius 1 is 1.04 bits per heavy atom. The largest absolute Gasteiger partial charge is 0.497 e. The van der Waals surface area contributed by atoms with Crippen LogP contribution in [0.25, 0.3) is 10.9 Å². The maximum Gasteiger partial charge on any atom is 0.416 e. The van der Waals surface area contributed by atoms with Crippen molar-refractivity contribution in [1.29, 1.82) is 0 Å². The average molecular weight is 645 g/mol. The molecule has 0 saturated carbocycles. The van der Waals surface area contributed by atoms with Gasteiger partial charge in [0.2, 0.25) is 0 Å². The molecule has 0 radical (unpaired) electrons. The Kier molecular flexibility index (Phi) is 7.86. The number of pyridine rings is 1. The molecule has 46 heavy (non-hydrogen) atoms. The predicted octanol–water partition coefficient (Wildman–Crippen LogP) is 6.69. The van der Waals surface area contributed by atoms with Gasteiger partial charge in [-0.15, -0.1) is 6.58 Å². The molecule has 0 amide bonds. The van der Waals surface area contributed by atoms with Crippen molar-refractivity contribution < 1.29 is 31.1 Å². The van der Waals surface area contributed by atoms with Crippen molar-refractivity contribution >= 4 is 28.0 Å². The topological polar surface area (TPSA) is 74.8 Å². The van der Waals surface area contributed by atoms with Crippen molar-refractivity contribution in [1.82, 2.24) is 9.88 Å². The van der Waals surface area contributed by atoms with Crippen LogP contribution in [0.5, 0.6) is 5.75 Å². The van der Waals surface area contributed by atoms with Gasteiger partial charge >= 0.3 is 12.4 Å². The highest BCUT2D eigenvalue weighted by Crippen LogP contribution is 2.45. The number of alkyl halides is 6. The summed E-state index contributed by atoms with van der Waals surface area (Å²) < 4.78 is 87.2. The molecule has 1 aromatic heterocycles. The fraction of sp³-hybridized carbons (Fsp3) is 0.364. The molecule has 1 N–H and O–H groups in total. The van der Waals surface area contributed by atoms with Crippen LogP contribution in [0.15, 0.2) is 70.9 Å². The SMILES string of the molecule is C=CC1CN2CCC1CC2[C@@H](Nc1c(N(C)c2cc(C(F)(F)F)cc(C(F)(F)F)c2)c(=O)c1=O)c1ccnc2ccc(OC)cc12. The first-order valence-corrected chi connectivity index (χ1v) is 14.6. The summed E-state index contributed by atoms with van der Waals surface area (Å²) in [5, 5.41) is 3.97. The van der Waals surface area contributed by atoms with Gasteiger partial charge in [-0.2, -0.15) is 26.3 Å². The summed E-state index contributed by atoms with van der Waals surface area (Å²) in [5.74, 6) is 1.16. The van der Waals surface area contributed by atoms with Crippen LogP contribution >= 0.6 is 0 Å². The number of piperidine rings is 3. The lowest BCUT2D eigenvalue weighted by Crippen LogP contribution is -2.56. The smallest absolute Gasteiger partial charge is 0.416 e. The lowest BCUT2D eigenvalue weighted by atomic mass is 9.73. The number of rotatable bonds is 8. The zero-order valence-corrected chi connectivity index (χ0v) is 24.9. The summed E-state index contributed by atoms with van der Waals surface area (Å²) in [6.45, 7) is 5.49. The fourth-order valence-electron chi connectivity index (χ4n) is 6.90. The van der Waals surface area contributed by atoms with Gasteiger partial charge in [-0.1, -0.05) is 6.08 Å². The van der Waals surface area contributed by atoms with E-state index in [0.717, 1.165) is 41.8 Å². The van der Waals surface area contributed by atoms with E-state index in [2.05, 4.69) is 21.8 Å². The number of ether oxygens (including phenoxy) is 1. The van der Waals surface area contributed by atoms with Crippen molar-refractivity contribution in [3.8, 4) is 5.75 Å². The molecule has 242 valence electrons. The van der Waals surface area contributed by atoms with Crippen molar-refractivity contribution in [2.75, 3.05) is 37.5 Å². The molecule has 3 aliphatic heterocycles. The Labute approximate surface area is 259 Å². The van der Waals surface area contributed by atoms with Crippen molar-refractivity contribution in [2.24, 2.45) is 11.8 Å². The van der Waals surface area contributed by atoms with Crippen molar-refractivity contribution in [3.63, 3.8) is 0 Å². The van der Waals surface area contributed by atoms with E-state index >= 15 is 0 Å². The zero-order chi connectivity index (χ0) is 33.1. The van der Waals surface area contributed by atoms with Crippen LogP contribution in [0.1, 0.15) is 35.6 Å². The van der Waals surface area contributed by atoms with Gasteiger partial charge in [0.05, 0.1) is 29.8 Å². The highest BCUT2D eigenvalue weighted by molar-refractivity contribution is 5.86. The lowest BCUT2D eigenvalue weighted by molar-refractivity contribution is -0.143. The van der Waals surface area contributed by atoms with Gasteiger partial charge in [-0.05, 0) is 79.3 Å². The van der Waals surface area contributed by atoms with Gasteiger partial charge in [0.15, 0.2) is 0 Å². The summed E-state index contributed by atoms with van der Waals surface area (Å²) in [4.78, 5) is 33.7. The molecule has 4 heterocycles. The summed E-state index contributed by atoms with van der Waals surface area (Å²) in [7, 11) is 2.69. The third-order valence-corrected chi connectivity index (χ3v) is 9.34. The highest BCUT2D eigenvalue weighted by Gasteiger charge is 2.44. The Hall–Kier alpha value is -4.39. The molecule has 0 aliphatic carbocycles. The Morgan fingerprint density at radius 3 is 2.33 bits per heavy atom. The van der Waals surface area contributed by atoms with E-state index in [4.69, 9.17) is 4.74 Å². The molecule has 4 aromatic rings. The minimum absolute atomic E-state index is 0.0144. The number of hydrogen-bond donors (Lipinski definition) is 1. The molecule has 3 fully saturated rings. The van der Waals surface area contributed by atoms with Crippen molar-refractivity contribution in [2.45, 2.75) is 37.3 Å². The number of hydrogen-bond acceptors (Lipinski definition) is 7. The minimum atomic E-state index is -5.08. The number of aromatic nitrogens is 1. The third kappa shape index (κ3) is 5.50. The van der Waals surface area contributed by atoms with Gasteiger partial charge in [-0.25, -0.2) is 0 Å². The van der Waals surface area contributed by atoms with E-state index < -0.39 is 46.1 Å². The minimum Gasteiger partial charge on any atom is -0.497 e. The molecular formula is C33H30F6N4O3. The normalized spacial score (nSPS) is 22.2. The molecule has 7 nitrogen and oxygen atoms in total. The molecule has 3 aliphatic rings. The van der Waals surface area contributed by atoms with Crippen LogP contribution in [-0.2, 0) is 12.4 Å². The fourth-order valence-corrected chi connectivity index (χ4v) is 6.90. The molecule has 0 spiro atoms. The Balaban J connectivity index is 1.46. The number of anilines is 3. The van der Waals surface area contributed by atoms with Gasteiger partial charge in [0.1, 0.15) is 17.1 Å². The number of halogens is 6. The van der Waals surface area contributed by atoms with Gasteiger partial charge < -0.3 is 15.0 Å². The second-order valence-corrected chi connectivity index (χ2v) is 11.9. The standard InChI is InChI=1S/C33H30F6N4O3/c1-4-17-16-43-10-8-18(17)11-26(43)27(23-7-9-40-25-6-5-22(46-3)15-24(23)25)41-28-29(31(45)30(28)44)42(2)21-13-19(32(34,35)36)12-20(14-21)33(37,38)39/h4-7,9,12-15,17-18,26-27,41H,1,8,10-11,16H2,2-3H3/t17?,18?,26?,27-/m0/s1. The van der Waals surface area contributed by atoms with Crippen LogP contribution in [0.2, 0.25) is 0 Å². The maximum atomic E-state index is 13.6. The van der Waals surface area contributed by atoms with Crippen LogP contribution in [0.3, 0.4) is 0 Å². The molecular weight excluding hydrogens is 614 g/mol. The van der Waals surface area contributed by atoms with Gasteiger partial charge in [0, 0.05) is 36.9 Å². The first-order chi connectivity index (χ1) is 21.7. The summed E-state index contributed by atoms with van der Waals surface area (Å²) in [5.41, 5.74) is -4.64. The van der Waals surface area contributed by atoms with E-state index in [1.54, 1.807) is 24.4 Å². The Bertz CT molecular complexity index is 1850. The van der Waals surface area contributed by atoms with E-state index in [-0.39, 0.29) is 29.4 Å². The van der Waals surface area contributed by atoms with E-state index in [9.17, 15) is 35.9 Å². The molecule has 3 saturated heterocycles. The first kappa shape index (κ1) is 31.6. The number of benzene rings is 2. The second-order valence-electron chi connectivity index (χ2n) is 11.9. The number of nitrogens with zero attached hydrogens (tertiary/aromatic N) is 3. The van der Waals surface area contributed by atoms with Gasteiger partial charge in [-0.3, -0.25) is 19.5 Å². The van der Waals surface area contributed by atoms with E-state index in [0.29, 0.717) is 29.3 Å². The summed E-state index contributed by atoms with van der Waals surface area (Å²) >= 11 is 0. The van der Waals surface area contributed by atoms with Crippen LogP contribution < -0.4 is 25.8 Å². The zero-order valence-electron chi connectivity index (χ0n) is 24.9. The predicted molar refractivity (Wildman–Crippen MR) is 162 cm³/mol. The van der Waals surface area contributed by atoms with Gasteiger partial charge in [0.25, 0.3) is 10.9 Å². The lowest BCUT2D eigenvalue weighted by Gasteiger charge is -2.52. The highest BCUT2D eigenvalue weighted by atomic mass is 19.4. The third-order valence-electron chi connectivity index (χ3n) is 9.34. The quantitative estimate of drug-likeness (QED) is 0.130. The molecule has 2 bridgehead atoms. The molecule has 3 aromatic carbocycles. The van der Waals surface area contributed by atoms with E-state index in [1.165, 1.54) is 14.2 Å². The average Bonchev–Trinajstić information content (AvgIpc) is 3.04. The Morgan fingerprint density at radius 2 is 1.74 bits per heavy atom. The monoisotopic (exact) mass is 644 g/mol. The summed E-state index contributed by atoms with van der Waals surface area (Å²) in [6, 6.07) is 7.45. The molecule has 13 heteroatoms. The number of nitrogens with one attached hydrogen (secondary N) is 1. The van der Waals surface area contributed by atoms with Crippen LogP contribution in [0.4, 0.5) is 43.4 Å². The molecule has 4 unspecified atom stereocenters. The number of methoxy groups -OCH3 is 1. The molecule has 5 atom stereocenters. The first-order valence-electron chi connectivity index (χ1n) is 14.6. The second kappa shape index (κ2) is 11.4. The summed E-state index contributed by atoms with van der Waals surface area (Å²) in [6.07, 6.45) is -4.92. The maximum absolute atomic E-state index is 13.6. The van der Waals surface area contributed by atoms with Crippen molar-refractivity contribution in [3.05, 3.63) is 98.5 Å². The van der Waals surface area contributed by atoms with Crippen LogP contribution in [0, 0.1) is 11.8 Å². The molecule has 7 rings (SSSR count). The van der Waals surface area contributed by atoms with Crippen LogP contribution in [-0.4, -0.2) is 43.2 Å². The van der Waals surface area contributed by atoms with E-state index in [1.807, 2.05) is 12.1 Å². The number of fused-ring (bicyclic) bond motifs is 4.